The maximum atomic E-state index is 13.5. The second kappa shape index (κ2) is 8.87. The molecule has 1 aromatic carbocycles. The third kappa shape index (κ3) is 4.11. The van der Waals surface area contributed by atoms with Gasteiger partial charge in [0.25, 0.3) is 0 Å². The first-order valence-electron chi connectivity index (χ1n) is 9.91. The second-order valence-corrected chi connectivity index (χ2v) is 7.96. The van der Waals surface area contributed by atoms with Crippen LogP contribution in [-0.4, -0.2) is 44.8 Å². The average Bonchev–Trinajstić information content (AvgIpc) is 3.39. The zero-order valence-corrected chi connectivity index (χ0v) is 18.5. The third-order valence-electron chi connectivity index (χ3n) is 4.96. The van der Waals surface area contributed by atoms with Crippen LogP contribution in [0.3, 0.4) is 0 Å². The lowest BCUT2D eigenvalue weighted by molar-refractivity contribution is -0.139. The van der Waals surface area contributed by atoms with Gasteiger partial charge < -0.3 is 15.0 Å². The molecular formula is C21H21FN6O3S. The van der Waals surface area contributed by atoms with Gasteiger partial charge in [-0.2, -0.15) is 10.1 Å². The number of hydrogen-bond donors (Lipinski definition) is 1. The molecule has 32 heavy (non-hydrogen) atoms. The third-order valence-corrected chi connectivity index (χ3v) is 5.83. The van der Waals surface area contributed by atoms with E-state index in [0.717, 1.165) is 5.69 Å². The Morgan fingerprint density at radius 3 is 2.66 bits per heavy atom. The normalized spacial score (nSPS) is 15.5. The number of fused-ring (bicyclic) bond motifs is 1. The molecule has 0 spiro atoms. The number of thiazole rings is 1. The van der Waals surface area contributed by atoms with Gasteiger partial charge in [0.15, 0.2) is 5.13 Å². The zero-order chi connectivity index (χ0) is 22.8. The number of aryl methyl sites for hydroxylation is 1. The number of nitrogens with one attached hydrogen (secondary N) is 1. The number of carbonyl (C=O) groups is 2. The molecule has 0 saturated heterocycles. The predicted molar refractivity (Wildman–Crippen MR) is 117 cm³/mol. The summed E-state index contributed by atoms with van der Waals surface area (Å²) in [6.45, 7) is 5.35. The molecule has 166 valence electrons. The molecule has 0 fully saturated rings. The van der Waals surface area contributed by atoms with Gasteiger partial charge in [-0.05, 0) is 38.5 Å². The second-order valence-electron chi connectivity index (χ2n) is 7.11. The smallest absolute Gasteiger partial charge is 0.338 e. The van der Waals surface area contributed by atoms with Crippen LogP contribution in [-0.2, 0) is 14.3 Å². The molecule has 1 aliphatic heterocycles. The van der Waals surface area contributed by atoms with E-state index in [1.165, 1.54) is 34.5 Å². The van der Waals surface area contributed by atoms with E-state index in [1.807, 2.05) is 12.3 Å². The molecule has 1 N–H and O–H groups in total. The van der Waals surface area contributed by atoms with Gasteiger partial charge in [0.2, 0.25) is 11.9 Å². The Bertz CT molecular complexity index is 1190. The molecule has 4 rings (SSSR count). The summed E-state index contributed by atoms with van der Waals surface area (Å²) in [4.78, 5) is 35.9. The van der Waals surface area contributed by atoms with E-state index in [0.29, 0.717) is 27.9 Å². The first-order chi connectivity index (χ1) is 15.4. The van der Waals surface area contributed by atoms with Gasteiger partial charge in [0.1, 0.15) is 24.7 Å². The van der Waals surface area contributed by atoms with Gasteiger partial charge in [-0.15, -0.1) is 11.3 Å². The van der Waals surface area contributed by atoms with Crippen LogP contribution in [0.5, 0.6) is 0 Å². The van der Waals surface area contributed by atoms with Crippen LogP contribution in [0, 0.1) is 12.7 Å². The monoisotopic (exact) mass is 456 g/mol. The number of halogens is 1. The molecule has 9 nitrogen and oxygen atoms in total. The molecule has 0 bridgehead atoms. The Morgan fingerprint density at radius 2 is 2.00 bits per heavy atom. The Balaban J connectivity index is 1.73. The van der Waals surface area contributed by atoms with Crippen LogP contribution in [0.15, 0.2) is 47.2 Å². The molecular weight excluding hydrogens is 435 g/mol. The molecule has 0 radical (unpaired) electrons. The molecule has 3 heterocycles. The van der Waals surface area contributed by atoms with Gasteiger partial charge >= 0.3 is 5.97 Å². The van der Waals surface area contributed by atoms with Crippen LogP contribution in [0.1, 0.15) is 31.1 Å². The fraction of sp³-hybridized carbons (Fsp3) is 0.286. The number of amides is 1. The van der Waals surface area contributed by atoms with Crippen LogP contribution < -0.4 is 10.2 Å². The molecule has 1 amide bonds. The highest BCUT2D eigenvalue weighted by Crippen LogP contribution is 2.38. The number of aromatic nitrogens is 4. The summed E-state index contributed by atoms with van der Waals surface area (Å²) in [5.74, 6) is -0.869. The Labute approximate surface area is 187 Å². The van der Waals surface area contributed by atoms with Crippen LogP contribution >= 0.6 is 11.3 Å². The predicted octanol–water partition coefficient (Wildman–Crippen LogP) is 3.07. The molecule has 1 aliphatic rings. The minimum Gasteiger partial charge on any atom is -0.463 e. The number of rotatable bonds is 6. The fourth-order valence-corrected chi connectivity index (χ4v) is 4.26. The number of hydrogen-bond acceptors (Lipinski definition) is 8. The zero-order valence-electron chi connectivity index (χ0n) is 17.7. The summed E-state index contributed by atoms with van der Waals surface area (Å²) in [5, 5.41) is 9.38. The molecule has 0 unspecified atom stereocenters. The van der Waals surface area contributed by atoms with E-state index >= 15 is 0 Å². The van der Waals surface area contributed by atoms with Gasteiger partial charge in [0.05, 0.1) is 17.9 Å². The van der Waals surface area contributed by atoms with Gasteiger partial charge in [-0.25, -0.2) is 18.9 Å². The summed E-state index contributed by atoms with van der Waals surface area (Å²) >= 11 is 1.33. The minimum atomic E-state index is -0.673. The first-order valence-corrected chi connectivity index (χ1v) is 10.8. The van der Waals surface area contributed by atoms with Crippen molar-refractivity contribution < 1.29 is 18.7 Å². The van der Waals surface area contributed by atoms with Crippen LogP contribution in [0.25, 0.3) is 0 Å². The highest BCUT2D eigenvalue weighted by molar-refractivity contribution is 7.13. The van der Waals surface area contributed by atoms with Gasteiger partial charge in [-0.3, -0.25) is 4.79 Å². The maximum absolute atomic E-state index is 13.5. The Hall–Kier alpha value is -3.60. The van der Waals surface area contributed by atoms with Crippen molar-refractivity contribution in [2.75, 3.05) is 23.4 Å². The summed E-state index contributed by atoms with van der Waals surface area (Å²) in [6, 6.07) is 5.14. The molecule has 2 aromatic heterocycles. The first kappa shape index (κ1) is 21.6. The molecule has 1 atom stereocenters. The van der Waals surface area contributed by atoms with E-state index in [1.54, 1.807) is 30.9 Å². The Morgan fingerprint density at radius 1 is 1.25 bits per heavy atom. The lowest BCUT2D eigenvalue weighted by Gasteiger charge is -2.34. The highest BCUT2D eigenvalue weighted by Gasteiger charge is 2.38. The van der Waals surface area contributed by atoms with E-state index in [4.69, 9.17) is 4.74 Å². The van der Waals surface area contributed by atoms with Crippen molar-refractivity contribution in [1.29, 1.82) is 0 Å². The standard InChI is InChI=1S/C21H21FN6O3S/c1-4-31-19(30)17-13(3)27(9-16(29)26-20-25-12(2)10-32-20)21-23-11-24-28(21)18(17)14-5-7-15(22)8-6-14/h5-8,10-11,18H,4,9H2,1-3H3,(H,25,26,29)/t18-/m0/s1. The van der Waals surface area contributed by atoms with Crippen molar-refractivity contribution in [2.24, 2.45) is 0 Å². The number of allylic oxidation sites excluding steroid dienone is 1. The van der Waals surface area contributed by atoms with Crippen molar-refractivity contribution in [3.05, 3.63) is 64.3 Å². The number of benzene rings is 1. The summed E-state index contributed by atoms with van der Waals surface area (Å²) < 4.78 is 20.4. The summed E-state index contributed by atoms with van der Waals surface area (Å²) in [5.41, 5.74) is 2.26. The lowest BCUT2D eigenvalue weighted by Crippen LogP contribution is -2.40. The van der Waals surface area contributed by atoms with E-state index in [2.05, 4.69) is 20.4 Å². The quantitative estimate of drug-likeness (QED) is 0.569. The van der Waals surface area contributed by atoms with E-state index in [9.17, 15) is 14.0 Å². The van der Waals surface area contributed by atoms with Gasteiger partial charge in [-0.1, -0.05) is 12.1 Å². The van der Waals surface area contributed by atoms with E-state index < -0.39 is 17.8 Å². The van der Waals surface area contributed by atoms with Crippen molar-refractivity contribution in [3.63, 3.8) is 0 Å². The topological polar surface area (TPSA) is 102 Å². The number of esters is 1. The largest absolute Gasteiger partial charge is 0.463 e. The number of nitrogens with zero attached hydrogens (tertiary/aromatic N) is 5. The molecule has 0 aliphatic carbocycles. The number of ether oxygens (including phenoxy) is 1. The van der Waals surface area contributed by atoms with Crippen molar-refractivity contribution >= 4 is 34.3 Å². The SMILES string of the molecule is CCOC(=O)C1=C(C)N(CC(=O)Nc2nc(C)cs2)c2ncnn2[C@H]1c1ccc(F)cc1. The van der Waals surface area contributed by atoms with Gasteiger partial charge in [0, 0.05) is 11.1 Å². The summed E-state index contributed by atoms with van der Waals surface area (Å²) in [6.07, 6.45) is 1.35. The number of carbonyl (C=O) groups excluding carboxylic acids is 2. The summed E-state index contributed by atoms with van der Waals surface area (Å²) in [7, 11) is 0. The van der Waals surface area contributed by atoms with E-state index in [-0.39, 0.29) is 19.1 Å². The fourth-order valence-electron chi connectivity index (χ4n) is 3.56. The van der Waals surface area contributed by atoms with Crippen molar-refractivity contribution in [3.8, 4) is 0 Å². The lowest BCUT2D eigenvalue weighted by atomic mass is 9.95. The Kier molecular flexibility index (Phi) is 5.99. The highest BCUT2D eigenvalue weighted by atomic mass is 32.1. The van der Waals surface area contributed by atoms with Crippen LogP contribution in [0.4, 0.5) is 15.5 Å². The van der Waals surface area contributed by atoms with Crippen molar-refractivity contribution in [1.82, 2.24) is 19.7 Å². The maximum Gasteiger partial charge on any atom is 0.338 e. The molecule has 11 heteroatoms. The minimum absolute atomic E-state index is 0.109. The molecule has 0 saturated carbocycles. The van der Waals surface area contributed by atoms with Crippen LogP contribution in [0.2, 0.25) is 0 Å². The molecule has 3 aromatic rings. The number of anilines is 2. The average molecular weight is 457 g/mol. The van der Waals surface area contributed by atoms with Crippen molar-refractivity contribution in [2.45, 2.75) is 26.8 Å².